The van der Waals surface area contributed by atoms with E-state index in [1.807, 2.05) is 0 Å². The summed E-state index contributed by atoms with van der Waals surface area (Å²) in [4.78, 5) is 22.7. The summed E-state index contributed by atoms with van der Waals surface area (Å²) in [5, 5.41) is 3.87. The Labute approximate surface area is 90.1 Å². The van der Waals surface area contributed by atoms with Gasteiger partial charge in [0.25, 0.3) is 5.82 Å². The molecular weight excluding hydrogens is 212 g/mol. The number of esters is 1. The molecule has 2 N–H and O–H groups in total. The first-order valence-electron chi connectivity index (χ1n) is 4.28. The molecule has 0 fully saturated rings. The number of nitrogens with two attached hydrogens (primary N) is 1. The van der Waals surface area contributed by atoms with Gasteiger partial charge in [-0.3, -0.25) is 4.98 Å². The summed E-state index contributed by atoms with van der Waals surface area (Å²) in [6, 6.07) is 0. The molecule has 16 heavy (non-hydrogen) atoms. The Hall–Kier alpha value is -2.51. The highest BCUT2D eigenvalue weighted by Gasteiger charge is 2.12. The summed E-state index contributed by atoms with van der Waals surface area (Å²) < 4.78 is 5.76. The Morgan fingerprint density at radius 2 is 2.31 bits per heavy atom. The van der Waals surface area contributed by atoms with Crippen LogP contribution in [0.5, 0.6) is 0 Å². The molecule has 0 aliphatic heterocycles. The average molecular weight is 220 g/mol. The fraction of sp³-hybridized carbons (Fsp3) is 0.125. The third-order valence-corrected chi connectivity index (χ3v) is 1.74. The van der Waals surface area contributed by atoms with Gasteiger partial charge in [-0.2, -0.15) is 0 Å². The maximum absolute atomic E-state index is 11.1. The molecule has 0 aliphatic rings. The van der Waals surface area contributed by atoms with Crippen LogP contribution in [0.25, 0.3) is 5.82 Å². The molecule has 8 heteroatoms. The normalized spacial score (nSPS) is 10.1. The number of carbonyl (C=O) groups excluding carboxylic acids is 1. The van der Waals surface area contributed by atoms with Gasteiger partial charge in [0, 0.05) is 0 Å². The molecule has 0 unspecified atom stereocenters. The van der Waals surface area contributed by atoms with Gasteiger partial charge in [-0.1, -0.05) is 0 Å². The quantitative estimate of drug-likeness (QED) is 0.674. The molecule has 0 saturated heterocycles. The van der Waals surface area contributed by atoms with Crippen molar-refractivity contribution in [3.05, 3.63) is 24.5 Å². The molecule has 0 amide bonds. The lowest BCUT2D eigenvalue weighted by molar-refractivity contribution is 0.0587. The number of anilines is 1. The van der Waals surface area contributed by atoms with E-state index >= 15 is 0 Å². The highest BCUT2D eigenvalue weighted by atomic mass is 16.5. The first kappa shape index (κ1) is 10.0. The Balaban J connectivity index is 2.35. The Bertz CT molecular complexity index is 523. The zero-order valence-electron chi connectivity index (χ0n) is 8.36. The van der Waals surface area contributed by atoms with Gasteiger partial charge in [0.05, 0.1) is 19.5 Å². The number of nitrogens with zero attached hydrogens (tertiary/aromatic N) is 5. The maximum Gasteiger partial charge on any atom is 0.377 e. The standard InChI is InChI=1S/C8H8N6O2/c1-16-8(15)7-11-4-14(13-7)6-3-10-2-5(9)12-6/h2-4H,1H3,(H2,9,12). The van der Waals surface area contributed by atoms with Gasteiger partial charge in [0.1, 0.15) is 12.1 Å². The minimum atomic E-state index is -0.615. The number of methoxy groups -OCH3 is 1. The van der Waals surface area contributed by atoms with Gasteiger partial charge >= 0.3 is 5.97 Å². The number of rotatable bonds is 2. The molecule has 2 aromatic rings. The van der Waals surface area contributed by atoms with Crippen LogP contribution in [-0.2, 0) is 4.74 Å². The minimum absolute atomic E-state index is 0.0493. The van der Waals surface area contributed by atoms with Crippen molar-refractivity contribution in [2.45, 2.75) is 0 Å². The van der Waals surface area contributed by atoms with Gasteiger partial charge < -0.3 is 10.5 Å². The fourth-order valence-corrected chi connectivity index (χ4v) is 1.04. The molecular formula is C8H8N6O2. The van der Waals surface area contributed by atoms with Crippen LogP contribution in [-0.4, -0.2) is 37.8 Å². The third-order valence-electron chi connectivity index (χ3n) is 1.74. The van der Waals surface area contributed by atoms with Crippen LogP contribution in [0.2, 0.25) is 0 Å². The van der Waals surface area contributed by atoms with E-state index in [0.717, 1.165) is 0 Å². The Morgan fingerprint density at radius 1 is 1.50 bits per heavy atom. The molecule has 0 saturated carbocycles. The van der Waals surface area contributed by atoms with Crippen LogP contribution >= 0.6 is 0 Å². The first-order chi connectivity index (χ1) is 7.70. The summed E-state index contributed by atoms with van der Waals surface area (Å²) in [6.45, 7) is 0. The Morgan fingerprint density at radius 3 is 3.00 bits per heavy atom. The maximum atomic E-state index is 11.1. The molecule has 8 nitrogen and oxygen atoms in total. The van der Waals surface area contributed by atoms with Crippen LogP contribution in [0, 0.1) is 0 Å². The molecule has 82 valence electrons. The lowest BCUT2D eigenvalue weighted by Gasteiger charge is -1.98. The molecule has 0 spiro atoms. The van der Waals surface area contributed by atoms with Crippen LogP contribution in [0.4, 0.5) is 5.82 Å². The van der Waals surface area contributed by atoms with Crippen molar-refractivity contribution >= 4 is 11.8 Å². The van der Waals surface area contributed by atoms with Crippen LogP contribution in [0.15, 0.2) is 18.7 Å². The lowest BCUT2D eigenvalue weighted by atomic mass is 10.6. The van der Waals surface area contributed by atoms with Crippen LogP contribution in [0.3, 0.4) is 0 Å². The fourth-order valence-electron chi connectivity index (χ4n) is 1.04. The van der Waals surface area contributed by atoms with Gasteiger partial charge in [-0.15, -0.1) is 5.10 Å². The van der Waals surface area contributed by atoms with Gasteiger partial charge in [-0.05, 0) is 0 Å². The second-order valence-corrected chi connectivity index (χ2v) is 2.81. The van der Waals surface area contributed by atoms with E-state index in [1.165, 1.54) is 30.5 Å². The lowest BCUT2D eigenvalue weighted by Crippen LogP contribution is -2.06. The highest BCUT2D eigenvalue weighted by Crippen LogP contribution is 2.03. The Kier molecular flexibility index (Phi) is 2.46. The second kappa shape index (κ2) is 3.93. The summed E-state index contributed by atoms with van der Waals surface area (Å²) in [5.41, 5.74) is 5.46. The van der Waals surface area contributed by atoms with Crippen molar-refractivity contribution in [2.24, 2.45) is 0 Å². The van der Waals surface area contributed by atoms with Crippen molar-refractivity contribution in [3.8, 4) is 5.82 Å². The molecule has 0 atom stereocenters. The number of hydrogen-bond acceptors (Lipinski definition) is 7. The first-order valence-corrected chi connectivity index (χ1v) is 4.28. The predicted molar refractivity (Wildman–Crippen MR) is 52.7 cm³/mol. The molecule has 2 aromatic heterocycles. The molecule has 2 rings (SSSR count). The zero-order valence-corrected chi connectivity index (χ0v) is 8.36. The van der Waals surface area contributed by atoms with Crippen molar-refractivity contribution in [1.29, 1.82) is 0 Å². The predicted octanol–water partition coefficient (Wildman–Crippen LogP) is -0.574. The smallest absolute Gasteiger partial charge is 0.377 e. The summed E-state index contributed by atoms with van der Waals surface area (Å²) in [5.74, 6) is -0.0300. The van der Waals surface area contributed by atoms with Crippen LogP contribution < -0.4 is 5.73 Å². The van der Waals surface area contributed by atoms with Gasteiger partial charge in [-0.25, -0.2) is 19.4 Å². The summed E-state index contributed by atoms with van der Waals surface area (Å²) in [7, 11) is 1.25. The zero-order chi connectivity index (χ0) is 11.5. The minimum Gasteiger partial charge on any atom is -0.463 e. The summed E-state index contributed by atoms with van der Waals surface area (Å²) >= 11 is 0. The molecule has 0 bridgehead atoms. The van der Waals surface area contributed by atoms with Crippen molar-refractivity contribution in [2.75, 3.05) is 12.8 Å². The number of nitrogen functional groups attached to an aromatic ring is 1. The van der Waals surface area contributed by atoms with Crippen LogP contribution in [0.1, 0.15) is 10.6 Å². The molecule has 2 heterocycles. The number of carbonyl (C=O) groups is 1. The molecule has 0 aliphatic carbocycles. The van der Waals surface area contributed by atoms with E-state index in [2.05, 4.69) is 24.8 Å². The molecule has 0 aromatic carbocycles. The average Bonchev–Trinajstić information content (AvgIpc) is 2.77. The monoisotopic (exact) mass is 220 g/mol. The van der Waals surface area contributed by atoms with E-state index in [9.17, 15) is 4.79 Å². The van der Waals surface area contributed by atoms with Crippen molar-refractivity contribution < 1.29 is 9.53 Å². The highest BCUT2D eigenvalue weighted by molar-refractivity contribution is 5.84. The van der Waals surface area contributed by atoms with E-state index in [0.29, 0.717) is 5.82 Å². The number of hydrogen-bond donors (Lipinski definition) is 1. The third kappa shape index (κ3) is 1.80. The SMILES string of the molecule is COC(=O)c1ncn(-c2cncc(N)n2)n1. The largest absolute Gasteiger partial charge is 0.463 e. The molecule has 0 radical (unpaired) electrons. The van der Waals surface area contributed by atoms with Crippen molar-refractivity contribution in [3.63, 3.8) is 0 Å². The van der Waals surface area contributed by atoms with E-state index in [-0.39, 0.29) is 11.6 Å². The van der Waals surface area contributed by atoms with Gasteiger partial charge in [0.15, 0.2) is 5.82 Å². The number of aromatic nitrogens is 5. The van der Waals surface area contributed by atoms with E-state index < -0.39 is 5.97 Å². The number of ether oxygens (including phenoxy) is 1. The van der Waals surface area contributed by atoms with E-state index in [4.69, 9.17) is 5.73 Å². The summed E-state index contributed by atoms with van der Waals surface area (Å²) in [6.07, 6.45) is 4.18. The topological polar surface area (TPSA) is 109 Å². The second-order valence-electron chi connectivity index (χ2n) is 2.81. The van der Waals surface area contributed by atoms with E-state index in [1.54, 1.807) is 0 Å². The van der Waals surface area contributed by atoms with Crippen molar-refractivity contribution in [1.82, 2.24) is 24.7 Å². The van der Waals surface area contributed by atoms with Gasteiger partial charge in [0.2, 0.25) is 0 Å².